The number of nitrogens with one attached hydrogen (secondary N) is 3. The number of likely N-dealkylation sites (tertiary alicyclic amines) is 1. The molecule has 2 amide bonds. The minimum atomic E-state index is -4.35. The van der Waals surface area contributed by atoms with Gasteiger partial charge in [-0.1, -0.05) is 18.7 Å². The predicted octanol–water partition coefficient (Wildman–Crippen LogP) is 6.23. The molecule has 2 spiro atoms. The highest BCUT2D eigenvalue weighted by atomic mass is 32.2. The van der Waals surface area contributed by atoms with E-state index < -0.39 is 51.1 Å². The molecule has 352 valence electrons. The quantitative estimate of drug-likeness (QED) is 0.131. The number of carbonyl (C=O) groups excluding carboxylic acids is 3. The van der Waals surface area contributed by atoms with Gasteiger partial charge in [0.2, 0.25) is 11.7 Å². The highest BCUT2D eigenvalue weighted by Crippen LogP contribution is 2.54. The van der Waals surface area contributed by atoms with Gasteiger partial charge in [-0.3, -0.25) is 19.1 Å². The summed E-state index contributed by atoms with van der Waals surface area (Å²) in [6.07, 6.45) is 5.41. The minimum absolute atomic E-state index is 0.00966. The number of fused-ring (bicyclic) bond motifs is 2. The Hall–Kier alpha value is -6.24. The molecule has 0 radical (unpaired) electrons. The maximum atomic E-state index is 15.8. The van der Waals surface area contributed by atoms with Gasteiger partial charge in [0.25, 0.3) is 5.91 Å². The van der Waals surface area contributed by atoms with Crippen LogP contribution in [0.4, 0.5) is 30.2 Å². The number of anilines is 3. The molecule has 6 aliphatic heterocycles. The van der Waals surface area contributed by atoms with Crippen molar-refractivity contribution < 1.29 is 36.0 Å². The summed E-state index contributed by atoms with van der Waals surface area (Å²) in [6.45, 7) is 11.3. The van der Waals surface area contributed by atoms with Crippen LogP contribution in [0.25, 0.3) is 22.2 Å². The lowest BCUT2D eigenvalue weighted by Gasteiger charge is -2.64. The van der Waals surface area contributed by atoms with E-state index in [1.165, 1.54) is 19.0 Å². The Balaban J connectivity index is 0.621. The SMILES string of the molecule is C=C1CCC(N2Cc3cc(N4CC5(CN(CC6CC7(C6)CN(c6ccc(-c8cnc9[nH]cc(C(=O)c%10c(F)ccc(NS(=O)(=O)N%11CC[C@@H](F)C%11)c%10F)c9c8)cc6)C7)C5)C4)ccc3C2=O)C(=O)N1. The Bertz CT molecular complexity index is 3060. The monoisotopic (exact) mass is 945 g/mol. The summed E-state index contributed by atoms with van der Waals surface area (Å²) in [4.78, 5) is 56.1. The van der Waals surface area contributed by atoms with Gasteiger partial charge in [-0.2, -0.15) is 12.7 Å². The summed E-state index contributed by atoms with van der Waals surface area (Å²) in [5.41, 5.74) is 5.70. The summed E-state index contributed by atoms with van der Waals surface area (Å²) < 4.78 is 73.2. The second-order valence-electron chi connectivity index (χ2n) is 20.4. The molecule has 3 N–H and O–H groups in total. The summed E-state index contributed by atoms with van der Waals surface area (Å²) in [5, 5.41) is 3.16. The fraction of sp³-hybridized carbons (Fsp3) is 0.400. The number of nitrogens with zero attached hydrogens (tertiary/aromatic N) is 6. The maximum Gasteiger partial charge on any atom is 0.301 e. The van der Waals surface area contributed by atoms with Crippen molar-refractivity contribution in [3.05, 3.63) is 119 Å². The second kappa shape index (κ2) is 15.6. The lowest BCUT2D eigenvalue weighted by molar-refractivity contribution is -0.126. The standard InChI is InChI=1S/C50H50F3N9O5S/c1-29-2-11-42(47(64)56-29)62-21-33-14-36(7-8-37(33)48(62)65)60-27-50(28-60)23-58(24-50)20-30-16-49(17-30)25-59(26-49)35-5-3-31(4-6-35)32-15-38-39(19-55-46(38)54-18-32)45(63)43-40(52)9-10-41(44(43)53)57-68(66,67)61-13-12-34(51)22-61/h3-10,14-15,18-19,30,34,42,57H,1-2,11-13,16-17,20-28H2,(H,54,55)(H,56,64)/t34-,42?/m1/s1. The van der Waals surface area contributed by atoms with Crippen molar-refractivity contribution in [2.45, 2.75) is 50.9 Å². The third-order valence-corrected chi connectivity index (χ3v) is 17.0. The summed E-state index contributed by atoms with van der Waals surface area (Å²) in [5.74, 6) is -3.03. The van der Waals surface area contributed by atoms with Crippen LogP contribution in [-0.2, 0) is 21.5 Å². The summed E-state index contributed by atoms with van der Waals surface area (Å²) in [7, 11) is -4.35. The number of hydrogen-bond acceptors (Lipinski definition) is 9. The third kappa shape index (κ3) is 7.24. The van der Waals surface area contributed by atoms with Crippen LogP contribution in [0.5, 0.6) is 0 Å². The molecule has 3 aromatic carbocycles. The molecule has 8 heterocycles. The van der Waals surface area contributed by atoms with E-state index in [-0.39, 0.29) is 36.9 Å². The zero-order chi connectivity index (χ0) is 46.9. The normalized spacial score (nSPS) is 23.4. The van der Waals surface area contributed by atoms with Crippen LogP contribution >= 0.6 is 0 Å². The Morgan fingerprint density at radius 1 is 0.897 bits per heavy atom. The van der Waals surface area contributed by atoms with Crippen LogP contribution in [0.15, 0.2) is 85.3 Å². The molecule has 1 aliphatic carbocycles. The smallest absolute Gasteiger partial charge is 0.301 e. The number of carbonyl (C=O) groups is 3. The van der Waals surface area contributed by atoms with Crippen molar-refractivity contribution in [3.8, 4) is 11.1 Å². The van der Waals surface area contributed by atoms with Crippen molar-refractivity contribution in [1.82, 2.24) is 29.4 Å². The van der Waals surface area contributed by atoms with Crippen molar-refractivity contribution in [3.63, 3.8) is 0 Å². The van der Waals surface area contributed by atoms with Crippen LogP contribution in [0.3, 0.4) is 0 Å². The Morgan fingerprint density at radius 3 is 2.37 bits per heavy atom. The molecular formula is C50H50F3N9O5S. The first-order valence-corrected chi connectivity index (χ1v) is 24.7. The molecule has 0 bridgehead atoms. The van der Waals surface area contributed by atoms with Crippen LogP contribution in [0.1, 0.15) is 63.9 Å². The van der Waals surface area contributed by atoms with E-state index in [1.54, 1.807) is 17.2 Å². The molecule has 18 heteroatoms. The number of benzene rings is 3. The molecule has 6 fully saturated rings. The van der Waals surface area contributed by atoms with Crippen molar-refractivity contribution >= 4 is 55.9 Å². The van der Waals surface area contributed by atoms with E-state index in [9.17, 15) is 27.2 Å². The van der Waals surface area contributed by atoms with Crippen LogP contribution in [0.2, 0.25) is 0 Å². The molecule has 2 aromatic heterocycles. The minimum Gasteiger partial charge on any atom is -0.370 e. The van der Waals surface area contributed by atoms with E-state index in [0.29, 0.717) is 64.0 Å². The molecular weight excluding hydrogens is 896 g/mol. The first kappa shape index (κ1) is 43.1. The number of aromatic amines is 1. The van der Waals surface area contributed by atoms with Crippen LogP contribution < -0.4 is 19.8 Å². The number of rotatable bonds is 11. The fourth-order valence-corrected chi connectivity index (χ4v) is 13.4. The Kier molecular flexibility index (Phi) is 9.91. The predicted molar refractivity (Wildman–Crippen MR) is 250 cm³/mol. The van der Waals surface area contributed by atoms with E-state index in [2.05, 4.69) is 65.6 Å². The van der Waals surface area contributed by atoms with Crippen LogP contribution in [-0.4, -0.2) is 121 Å². The average Bonchev–Trinajstić information content (AvgIpc) is 3.99. The Labute approximate surface area is 391 Å². The van der Waals surface area contributed by atoms with Gasteiger partial charge in [-0.05, 0) is 97.7 Å². The van der Waals surface area contributed by atoms with Gasteiger partial charge in [-0.15, -0.1) is 0 Å². The highest BCUT2D eigenvalue weighted by Gasteiger charge is 2.56. The molecule has 14 nitrogen and oxygen atoms in total. The number of piperidine rings is 1. The summed E-state index contributed by atoms with van der Waals surface area (Å²) in [6, 6.07) is 17.3. The fourth-order valence-electron chi connectivity index (χ4n) is 12.2. The number of alkyl halides is 1. The number of aromatic nitrogens is 2. The number of halogens is 3. The largest absolute Gasteiger partial charge is 0.370 e. The summed E-state index contributed by atoms with van der Waals surface area (Å²) >= 11 is 0. The number of amides is 2. The third-order valence-electron chi connectivity index (χ3n) is 15.5. The van der Waals surface area contributed by atoms with Crippen molar-refractivity contribution in [2.24, 2.45) is 16.7 Å². The number of H-pyrrole nitrogens is 1. The van der Waals surface area contributed by atoms with E-state index >= 15 is 8.78 Å². The van der Waals surface area contributed by atoms with E-state index in [4.69, 9.17) is 0 Å². The molecule has 7 aliphatic rings. The molecule has 68 heavy (non-hydrogen) atoms. The molecule has 5 saturated heterocycles. The zero-order valence-electron chi connectivity index (χ0n) is 37.2. The van der Waals surface area contributed by atoms with Gasteiger partial charge >= 0.3 is 10.2 Å². The first-order valence-electron chi connectivity index (χ1n) is 23.3. The van der Waals surface area contributed by atoms with Crippen LogP contribution in [0, 0.1) is 28.4 Å². The number of pyridine rings is 1. The highest BCUT2D eigenvalue weighted by molar-refractivity contribution is 7.90. The average molecular weight is 946 g/mol. The lowest BCUT2D eigenvalue weighted by Crippen LogP contribution is -2.73. The van der Waals surface area contributed by atoms with Gasteiger partial charge in [0.1, 0.15) is 23.7 Å². The van der Waals surface area contributed by atoms with Gasteiger partial charge in [0.15, 0.2) is 5.82 Å². The van der Waals surface area contributed by atoms with Crippen molar-refractivity contribution in [1.29, 1.82) is 0 Å². The molecule has 1 unspecified atom stereocenters. The number of ketones is 1. The van der Waals surface area contributed by atoms with Gasteiger partial charge in [-0.25, -0.2) is 18.2 Å². The first-order chi connectivity index (χ1) is 32.6. The Morgan fingerprint density at radius 2 is 1.63 bits per heavy atom. The molecule has 2 atom stereocenters. The van der Waals surface area contributed by atoms with E-state index in [0.717, 1.165) is 84.8 Å². The van der Waals surface area contributed by atoms with Gasteiger partial charge in [0, 0.05) is 128 Å². The number of allylic oxidation sites excluding steroid dienone is 1. The van der Waals surface area contributed by atoms with Gasteiger partial charge in [0.05, 0.1) is 11.3 Å². The topological polar surface area (TPSA) is 154 Å². The second-order valence-corrected chi connectivity index (χ2v) is 22.1. The lowest BCUT2D eigenvalue weighted by atomic mass is 9.57. The maximum absolute atomic E-state index is 15.8. The van der Waals surface area contributed by atoms with Crippen molar-refractivity contribution in [2.75, 3.05) is 73.4 Å². The van der Waals surface area contributed by atoms with Gasteiger partial charge < -0.3 is 29.9 Å². The molecule has 5 aromatic rings. The number of hydrogen-bond donors (Lipinski definition) is 3. The molecule has 12 rings (SSSR count). The van der Waals surface area contributed by atoms with E-state index in [1.807, 2.05) is 18.2 Å². The molecule has 1 saturated carbocycles. The zero-order valence-corrected chi connectivity index (χ0v) is 38.1.